The number of ether oxygens (including phenoxy) is 2. The molecule has 29 heavy (non-hydrogen) atoms. The molecule has 2 aromatic heterocycles. The summed E-state index contributed by atoms with van der Waals surface area (Å²) in [7, 11) is 0. The lowest BCUT2D eigenvalue weighted by molar-refractivity contribution is -0.106. The van der Waals surface area contributed by atoms with E-state index in [2.05, 4.69) is 24.1 Å². The number of hydrogen-bond acceptors (Lipinski definition) is 4. The first-order valence-electron chi connectivity index (χ1n) is 9.74. The van der Waals surface area contributed by atoms with Crippen molar-refractivity contribution in [2.24, 2.45) is 0 Å². The van der Waals surface area contributed by atoms with Crippen molar-refractivity contribution in [1.29, 1.82) is 0 Å². The predicted octanol–water partition coefficient (Wildman–Crippen LogP) is 4.11. The van der Waals surface area contributed by atoms with Gasteiger partial charge in [-0.25, -0.2) is 8.78 Å². The van der Waals surface area contributed by atoms with E-state index in [9.17, 15) is 8.78 Å². The minimum atomic E-state index is -2.39. The normalized spacial score (nSPS) is 19.0. The van der Waals surface area contributed by atoms with Crippen molar-refractivity contribution in [2.45, 2.75) is 38.5 Å². The van der Waals surface area contributed by atoms with Crippen LogP contribution in [0, 0.1) is 0 Å². The van der Waals surface area contributed by atoms with Crippen LogP contribution in [0.5, 0.6) is 5.75 Å². The van der Waals surface area contributed by atoms with Crippen LogP contribution in [-0.2, 0) is 11.3 Å². The van der Waals surface area contributed by atoms with Crippen LogP contribution >= 0.6 is 0 Å². The third kappa shape index (κ3) is 4.74. The molecule has 7 heteroatoms. The van der Waals surface area contributed by atoms with Gasteiger partial charge in [0, 0.05) is 37.1 Å². The van der Waals surface area contributed by atoms with E-state index in [1.807, 2.05) is 30.3 Å². The zero-order valence-corrected chi connectivity index (χ0v) is 16.6. The first kappa shape index (κ1) is 19.8. The number of benzene rings is 1. The molecule has 0 saturated carbocycles. The molecule has 0 spiro atoms. The van der Waals surface area contributed by atoms with Crippen molar-refractivity contribution in [1.82, 2.24) is 14.9 Å². The third-order valence-electron chi connectivity index (χ3n) is 4.95. The monoisotopic (exact) mass is 401 g/mol. The maximum atomic E-state index is 12.7. The molecule has 0 aliphatic carbocycles. The molecule has 1 atom stereocenters. The Labute approximate surface area is 168 Å². The van der Waals surface area contributed by atoms with Crippen LogP contribution in [0.4, 0.5) is 8.78 Å². The Balaban J connectivity index is 1.60. The van der Waals surface area contributed by atoms with Gasteiger partial charge >= 0.3 is 0 Å². The fraction of sp³-hybridized carbons (Fsp3) is 0.409. The van der Waals surface area contributed by atoms with E-state index >= 15 is 0 Å². The molecule has 1 saturated heterocycles. The molecular formula is C22H25F2N3O2. The van der Waals surface area contributed by atoms with E-state index in [0.29, 0.717) is 12.4 Å². The van der Waals surface area contributed by atoms with Crippen LogP contribution in [0.25, 0.3) is 22.0 Å². The molecule has 154 valence electrons. The summed E-state index contributed by atoms with van der Waals surface area (Å²) in [5, 5.41) is 4.28. The maximum absolute atomic E-state index is 12.7. The van der Waals surface area contributed by atoms with Crippen molar-refractivity contribution < 1.29 is 18.3 Å². The summed E-state index contributed by atoms with van der Waals surface area (Å²) >= 11 is 0. The fourth-order valence-corrected chi connectivity index (χ4v) is 3.66. The molecule has 4 rings (SSSR count). The molecule has 1 fully saturated rings. The van der Waals surface area contributed by atoms with Gasteiger partial charge in [0.2, 0.25) is 0 Å². The molecule has 1 aromatic carbocycles. The number of morpholine rings is 1. The Bertz CT molecular complexity index is 987. The van der Waals surface area contributed by atoms with Crippen molar-refractivity contribution in [3.8, 4) is 16.9 Å². The number of pyridine rings is 1. The van der Waals surface area contributed by atoms with Crippen LogP contribution in [0.1, 0.15) is 13.8 Å². The van der Waals surface area contributed by atoms with Gasteiger partial charge in [-0.15, -0.1) is 0 Å². The second kappa shape index (κ2) is 8.08. The minimum absolute atomic E-state index is 0.0544. The van der Waals surface area contributed by atoms with Crippen LogP contribution < -0.4 is 10.1 Å². The summed E-state index contributed by atoms with van der Waals surface area (Å²) in [6, 6.07) is 9.55. The lowest BCUT2D eigenvalue weighted by Gasteiger charge is -2.36. The van der Waals surface area contributed by atoms with Gasteiger partial charge in [0.1, 0.15) is 18.5 Å². The number of nitrogens with one attached hydrogen (secondary N) is 1. The number of fused-ring (bicyclic) bond motifs is 1. The van der Waals surface area contributed by atoms with Gasteiger partial charge in [-0.2, -0.15) is 0 Å². The fourth-order valence-electron chi connectivity index (χ4n) is 3.66. The minimum Gasteiger partial charge on any atom is -0.490 e. The van der Waals surface area contributed by atoms with E-state index in [-0.39, 0.29) is 18.2 Å². The quantitative estimate of drug-likeness (QED) is 0.675. The lowest BCUT2D eigenvalue weighted by atomic mass is 10.1. The number of hydrogen-bond donors (Lipinski definition) is 1. The van der Waals surface area contributed by atoms with Gasteiger partial charge in [-0.3, -0.25) is 4.98 Å². The van der Waals surface area contributed by atoms with Crippen LogP contribution in [0.2, 0.25) is 0 Å². The smallest absolute Gasteiger partial charge is 0.256 e. The Kier molecular flexibility index (Phi) is 5.52. The Hall–Kier alpha value is -2.51. The van der Waals surface area contributed by atoms with E-state index in [4.69, 9.17) is 9.47 Å². The summed E-state index contributed by atoms with van der Waals surface area (Å²) in [5.74, 6) is 0.708. The van der Waals surface area contributed by atoms with Gasteiger partial charge in [0.25, 0.3) is 6.43 Å². The van der Waals surface area contributed by atoms with Crippen LogP contribution in [0.3, 0.4) is 0 Å². The van der Waals surface area contributed by atoms with Gasteiger partial charge < -0.3 is 19.4 Å². The molecule has 1 N–H and O–H groups in total. The SMILES string of the molecule is CC1(C)CNC[C@@H](COc2cc(-c3ccn(CC(F)F)c3)cc3ncccc23)O1. The molecule has 0 bridgehead atoms. The van der Waals surface area contributed by atoms with E-state index < -0.39 is 6.43 Å². The number of halogens is 2. The van der Waals surface area contributed by atoms with E-state index in [1.165, 1.54) is 4.57 Å². The van der Waals surface area contributed by atoms with Crippen molar-refractivity contribution in [3.05, 3.63) is 48.9 Å². The molecule has 0 amide bonds. The molecule has 1 aliphatic heterocycles. The summed E-state index contributed by atoms with van der Waals surface area (Å²) < 4.78 is 39.1. The summed E-state index contributed by atoms with van der Waals surface area (Å²) in [6.45, 7) is 5.73. The molecular weight excluding hydrogens is 376 g/mol. The van der Waals surface area contributed by atoms with Gasteiger partial charge in [0.05, 0.1) is 17.7 Å². The van der Waals surface area contributed by atoms with Crippen molar-refractivity contribution in [3.63, 3.8) is 0 Å². The third-order valence-corrected chi connectivity index (χ3v) is 4.95. The zero-order chi connectivity index (χ0) is 20.4. The number of nitrogens with zero attached hydrogens (tertiary/aromatic N) is 2. The molecule has 5 nitrogen and oxygen atoms in total. The summed E-state index contributed by atoms with van der Waals surface area (Å²) in [5.41, 5.74) is 2.29. The Morgan fingerprint density at radius 1 is 1.31 bits per heavy atom. The van der Waals surface area contributed by atoms with Gasteiger partial charge in [-0.1, -0.05) is 0 Å². The highest BCUT2D eigenvalue weighted by molar-refractivity contribution is 5.90. The standard InChI is InChI=1S/C22H25F2N3O2/c1-22(2)14-25-10-17(29-22)13-28-20-9-16(8-19-18(20)4-3-6-26-19)15-5-7-27(11-15)12-21(23)24/h3-9,11,17,21,25H,10,12-14H2,1-2H3/t17-/m0/s1. The number of rotatable bonds is 6. The second-order valence-corrected chi connectivity index (χ2v) is 7.97. The average Bonchev–Trinajstić information content (AvgIpc) is 3.13. The second-order valence-electron chi connectivity index (χ2n) is 7.97. The molecule has 0 unspecified atom stereocenters. The lowest BCUT2D eigenvalue weighted by Crippen LogP contribution is -2.52. The van der Waals surface area contributed by atoms with E-state index in [1.54, 1.807) is 18.6 Å². The predicted molar refractivity (Wildman–Crippen MR) is 108 cm³/mol. The van der Waals surface area contributed by atoms with Crippen LogP contribution in [-0.4, -0.2) is 47.4 Å². The molecule has 0 radical (unpaired) electrons. The number of aromatic nitrogens is 2. The highest BCUT2D eigenvalue weighted by Crippen LogP contribution is 2.32. The highest BCUT2D eigenvalue weighted by atomic mass is 19.3. The molecule has 3 aromatic rings. The van der Waals surface area contributed by atoms with Crippen LogP contribution in [0.15, 0.2) is 48.9 Å². The first-order chi connectivity index (χ1) is 13.9. The van der Waals surface area contributed by atoms with E-state index in [0.717, 1.165) is 35.1 Å². The molecule has 1 aliphatic rings. The summed E-state index contributed by atoms with van der Waals surface area (Å²) in [6.07, 6.45) is 2.67. The first-order valence-corrected chi connectivity index (χ1v) is 9.74. The van der Waals surface area contributed by atoms with Crippen molar-refractivity contribution in [2.75, 3.05) is 19.7 Å². The van der Waals surface area contributed by atoms with Crippen molar-refractivity contribution >= 4 is 10.9 Å². The zero-order valence-electron chi connectivity index (χ0n) is 16.6. The molecule has 3 heterocycles. The summed E-state index contributed by atoms with van der Waals surface area (Å²) in [4.78, 5) is 4.45. The topological polar surface area (TPSA) is 48.3 Å². The largest absolute Gasteiger partial charge is 0.490 e. The van der Waals surface area contributed by atoms with Gasteiger partial charge in [0.15, 0.2) is 0 Å². The van der Waals surface area contributed by atoms with Gasteiger partial charge in [-0.05, 0) is 55.3 Å². The maximum Gasteiger partial charge on any atom is 0.256 e. The highest BCUT2D eigenvalue weighted by Gasteiger charge is 2.28. The number of alkyl halides is 2. The Morgan fingerprint density at radius 2 is 2.17 bits per heavy atom. The average molecular weight is 401 g/mol. The Morgan fingerprint density at radius 3 is 2.97 bits per heavy atom.